The van der Waals surface area contributed by atoms with E-state index in [1.165, 1.54) is 13.2 Å². The van der Waals surface area contributed by atoms with Crippen molar-refractivity contribution in [1.82, 2.24) is 0 Å². The van der Waals surface area contributed by atoms with Gasteiger partial charge in [0.1, 0.15) is 0 Å². The molecule has 0 aromatic carbocycles. The lowest BCUT2D eigenvalue weighted by Crippen LogP contribution is -2.37. The highest BCUT2D eigenvalue weighted by molar-refractivity contribution is 5.87. The van der Waals surface area contributed by atoms with Gasteiger partial charge in [0.15, 0.2) is 0 Å². The van der Waals surface area contributed by atoms with Crippen LogP contribution in [0.5, 0.6) is 0 Å². The van der Waals surface area contributed by atoms with E-state index in [1.807, 2.05) is 6.92 Å². The van der Waals surface area contributed by atoms with Gasteiger partial charge in [-0.05, 0) is 25.8 Å². The third-order valence-electron chi connectivity index (χ3n) is 3.59. The number of hydrogen-bond donors (Lipinski definition) is 2. The summed E-state index contributed by atoms with van der Waals surface area (Å²) in [6.07, 6.45) is 4.00. The highest BCUT2D eigenvalue weighted by Crippen LogP contribution is 2.33. The summed E-state index contributed by atoms with van der Waals surface area (Å²) in [5.74, 6) is -0.451. The Hall–Kier alpha value is -0.870. The second kappa shape index (κ2) is 8.27. The lowest BCUT2D eigenvalue weighted by atomic mass is 9.75. The van der Waals surface area contributed by atoms with E-state index in [2.05, 4.69) is 11.7 Å². The van der Waals surface area contributed by atoms with E-state index >= 15 is 0 Å². The maximum absolute atomic E-state index is 11.3. The quantitative estimate of drug-likeness (QED) is 0.516. The largest absolute Gasteiger partial charge is 0.466 e. The molecule has 0 aliphatic heterocycles. The van der Waals surface area contributed by atoms with Crippen LogP contribution in [0.25, 0.3) is 0 Å². The molecule has 0 amide bonds. The summed E-state index contributed by atoms with van der Waals surface area (Å²) in [7, 11) is 1.31. The average Bonchev–Trinajstić information content (AvgIpc) is 2.39. The third kappa shape index (κ3) is 4.42. The molecule has 0 aromatic heterocycles. The average molecular weight is 258 g/mol. The van der Waals surface area contributed by atoms with Gasteiger partial charge in [-0.2, -0.15) is 0 Å². The summed E-state index contributed by atoms with van der Waals surface area (Å²) in [6, 6.07) is 0. The van der Waals surface area contributed by atoms with Crippen LogP contribution in [-0.4, -0.2) is 36.0 Å². The van der Waals surface area contributed by atoms with Gasteiger partial charge in [0, 0.05) is 11.0 Å². The molecule has 0 radical (unpaired) electrons. The molecule has 2 atom stereocenters. The molecule has 0 bridgehead atoms. The monoisotopic (exact) mass is 258 g/mol. The van der Waals surface area contributed by atoms with Crippen molar-refractivity contribution in [3.8, 4) is 0 Å². The molecule has 2 unspecified atom stereocenters. The fraction of sp³-hybridized carbons (Fsp3) is 0.786. The van der Waals surface area contributed by atoms with Crippen LogP contribution >= 0.6 is 0 Å². The number of unbranched alkanes of at least 4 members (excludes halogenated alkanes) is 1. The zero-order valence-electron chi connectivity index (χ0n) is 11.9. The summed E-state index contributed by atoms with van der Waals surface area (Å²) in [4.78, 5) is 11.3. The van der Waals surface area contributed by atoms with E-state index < -0.39 is 17.5 Å². The maximum Gasteiger partial charge on any atom is 0.333 e. The Morgan fingerprint density at radius 2 is 2.06 bits per heavy atom. The van der Waals surface area contributed by atoms with Crippen molar-refractivity contribution in [2.45, 2.75) is 52.6 Å². The first-order chi connectivity index (χ1) is 8.47. The van der Waals surface area contributed by atoms with Crippen LogP contribution in [0, 0.1) is 5.41 Å². The van der Waals surface area contributed by atoms with Gasteiger partial charge < -0.3 is 14.9 Å². The summed E-state index contributed by atoms with van der Waals surface area (Å²) in [5.41, 5.74) is -0.196. The van der Waals surface area contributed by atoms with Crippen LogP contribution in [0.1, 0.15) is 46.5 Å². The molecule has 0 spiro atoms. The first-order valence-electron chi connectivity index (χ1n) is 6.53. The molecule has 0 rings (SSSR count). The van der Waals surface area contributed by atoms with Crippen molar-refractivity contribution >= 4 is 5.97 Å². The predicted molar refractivity (Wildman–Crippen MR) is 71.1 cm³/mol. The first kappa shape index (κ1) is 17.1. The fourth-order valence-electron chi connectivity index (χ4n) is 1.99. The molecule has 0 saturated carbocycles. The minimum absolute atomic E-state index is 0.0877. The lowest BCUT2D eigenvalue weighted by Gasteiger charge is -2.34. The van der Waals surface area contributed by atoms with Crippen LogP contribution in [-0.2, 0) is 9.53 Å². The minimum Gasteiger partial charge on any atom is -0.466 e. The molecular formula is C14H26O4. The van der Waals surface area contributed by atoms with Crippen LogP contribution in [0.3, 0.4) is 0 Å². The Bertz CT molecular complexity index is 280. The van der Waals surface area contributed by atoms with Gasteiger partial charge in [-0.25, -0.2) is 4.79 Å². The maximum atomic E-state index is 11.3. The van der Waals surface area contributed by atoms with Crippen molar-refractivity contribution < 1.29 is 19.7 Å². The van der Waals surface area contributed by atoms with Gasteiger partial charge in [-0.1, -0.05) is 26.7 Å². The van der Waals surface area contributed by atoms with Gasteiger partial charge in [0.05, 0.1) is 19.8 Å². The molecule has 4 heteroatoms. The predicted octanol–water partition coefficient (Wildman–Crippen LogP) is 2.05. The number of ether oxygens (including phenoxy) is 1. The Kier molecular flexibility index (Phi) is 7.87. The Morgan fingerprint density at radius 1 is 1.44 bits per heavy atom. The zero-order chi connectivity index (χ0) is 14.2. The number of methoxy groups -OCH3 is 1. The first-order valence-corrected chi connectivity index (χ1v) is 6.53. The number of esters is 1. The Morgan fingerprint density at radius 3 is 2.44 bits per heavy atom. The number of hydrogen-bond acceptors (Lipinski definition) is 4. The number of aliphatic hydroxyl groups is 2. The molecule has 0 aromatic rings. The van der Waals surface area contributed by atoms with Gasteiger partial charge >= 0.3 is 5.97 Å². The fourth-order valence-corrected chi connectivity index (χ4v) is 1.99. The SMILES string of the molecule is CCCCC(CC)(CO)C(O)C=C(C)C(=O)OC. The molecule has 2 N–H and O–H groups in total. The molecule has 18 heavy (non-hydrogen) atoms. The topological polar surface area (TPSA) is 66.8 Å². The van der Waals surface area contributed by atoms with E-state index in [0.717, 1.165) is 19.3 Å². The normalized spacial score (nSPS) is 17.1. The molecule has 0 fully saturated rings. The van der Waals surface area contributed by atoms with Crippen molar-refractivity contribution in [3.05, 3.63) is 11.6 Å². The number of carbonyl (C=O) groups excluding carboxylic acids is 1. The lowest BCUT2D eigenvalue weighted by molar-refractivity contribution is -0.136. The van der Waals surface area contributed by atoms with Gasteiger partial charge in [-0.15, -0.1) is 0 Å². The second-order valence-electron chi connectivity index (χ2n) is 4.76. The number of aliphatic hydroxyl groups excluding tert-OH is 2. The van der Waals surface area contributed by atoms with Gasteiger partial charge in [-0.3, -0.25) is 0 Å². The van der Waals surface area contributed by atoms with E-state index in [1.54, 1.807) is 6.92 Å². The zero-order valence-corrected chi connectivity index (χ0v) is 11.9. The Balaban J connectivity index is 4.95. The Labute approximate surface area is 110 Å². The second-order valence-corrected chi connectivity index (χ2v) is 4.76. The van der Waals surface area contributed by atoms with Gasteiger partial charge in [0.2, 0.25) is 0 Å². The third-order valence-corrected chi connectivity index (χ3v) is 3.59. The smallest absolute Gasteiger partial charge is 0.333 e. The van der Waals surface area contributed by atoms with E-state index in [0.29, 0.717) is 12.0 Å². The van der Waals surface area contributed by atoms with E-state index in [4.69, 9.17) is 0 Å². The van der Waals surface area contributed by atoms with Gasteiger partial charge in [0.25, 0.3) is 0 Å². The minimum atomic E-state index is -0.835. The summed E-state index contributed by atoms with van der Waals surface area (Å²) in [6.45, 7) is 5.53. The van der Waals surface area contributed by atoms with Crippen molar-refractivity contribution in [3.63, 3.8) is 0 Å². The molecule has 0 saturated heterocycles. The van der Waals surface area contributed by atoms with E-state index in [9.17, 15) is 15.0 Å². The highest BCUT2D eigenvalue weighted by atomic mass is 16.5. The summed E-state index contributed by atoms with van der Waals surface area (Å²) < 4.78 is 4.59. The van der Waals surface area contributed by atoms with Crippen molar-refractivity contribution in [2.75, 3.05) is 13.7 Å². The number of rotatable bonds is 8. The van der Waals surface area contributed by atoms with Crippen LogP contribution in [0.4, 0.5) is 0 Å². The molecule has 4 nitrogen and oxygen atoms in total. The summed E-state index contributed by atoms with van der Waals surface area (Å²) in [5, 5.41) is 19.8. The van der Waals surface area contributed by atoms with Crippen LogP contribution in [0.2, 0.25) is 0 Å². The molecule has 106 valence electrons. The van der Waals surface area contributed by atoms with E-state index in [-0.39, 0.29) is 6.61 Å². The standard InChI is InChI=1S/C14H26O4/c1-5-7-8-14(6-2,10-15)12(16)9-11(3)13(17)18-4/h9,12,15-16H,5-8,10H2,1-4H3. The molecule has 0 aliphatic rings. The van der Waals surface area contributed by atoms with Crippen LogP contribution in [0.15, 0.2) is 11.6 Å². The van der Waals surface area contributed by atoms with Crippen molar-refractivity contribution in [2.24, 2.45) is 5.41 Å². The van der Waals surface area contributed by atoms with Crippen molar-refractivity contribution in [1.29, 1.82) is 0 Å². The number of carbonyl (C=O) groups is 1. The summed E-state index contributed by atoms with van der Waals surface area (Å²) >= 11 is 0. The highest BCUT2D eigenvalue weighted by Gasteiger charge is 2.34. The molecular weight excluding hydrogens is 232 g/mol. The molecule has 0 aliphatic carbocycles. The molecule has 0 heterocycles. The van der Waals surface area contributed by atoms with Crippen LogP contribution < -0.4 is 0 Å².